The fraction of sp³-hybridized carbons (Fsp3) is 0.333. The molecule has 3 rings (SSSR count). The first-order valence-electron chi connectivity index (χ1n) is 10.1. The normalized spacial score (nSPS) is 13.2. The number of hydrogen-bond donors (Lipinski definition) is 1. The molecule has 32 heavy (non-hydrogen) atoms. The molecule has 170 valence electrons. The summed E-state index contributed by atoms with van der Waals surface area (Å²) in [6.45, 7) is 12.5. The molecule has 0 bridgehead atoms. The Balaban J connectivity index is 2.19. The summed E-state index contributed by atoms with van der Waals surface area (Å²) in [5.41, 5.74) is 2.02. The largest absolute Gasteiger partial charge is 0.422 e. The number of primary sulfonamides is 1. The van der Waals surface area contributed by atoms with Gasteiger partial charge in [0.2, 0.25) is 10.0 Å². The fourth-order valence-electron chi connectivity index (χ4n) is 3.24. The van der Waals surface area contributed by atoms with Crippen LogP contribution in [0.25, 0.3) is 11.0 Å². The molecule has 8 heteroatoms. The molecule has 6 nitrogen and oxygen atoms in total. The molecule has 2 N–H and O–H groups in total. The molecule has 0 amide bonds. The highest BCUT2D eigenvalue weighted by Gasteiger charge is 2.26. The molecule has 2 aromatic carbocycles. The molecule has 0 aliphatic heterocycles. The predicted molar refractivity (Wildman–Crippen MR) is 130 cm³/mol. The number of fused-ring (bicyclic) bond motifs is 1. The van der Waals surface area contributed by atoms with E-state index in [0.717, 1.165) is 11.1 Å². The van der Waals surface area contributed by atoms with Crippen molar-refractivity contribution < 1.29 is 12.8 Å². The lowest BCUT2D eigenvalue weighted by Gasteiger charge is -2.26. The third-order valence-electron chi connectivity index (χ3n) is 5.16. The molecule has 0 saturated carbocycles. The van der Waals surface area contributed by atoms with Crippen LogP contribution in [-0.2, 0) is 20.9 Å². The molecule has 3 aromatic rings. The second-order valence-electron chi connectivity index (χ2n) is 9.81. The van der Waals surface area contributed by atoms with Crippen LogP contribution in [0.15, 0.2) is 55.5 Å². The van der Waals surface area contributed by atoms with Crippen LogP contribution in [0.1, 0.15) is 58.2 Å². The zero-order valence-corrected chi connectivity index (χ0v) is 20.6. The molecule has 0 saturated heterocycles. The summed E-state index contributed by atoms with van der Waals surface area (Å²) >= 11 is 6.70. The second kappa shape index (κ2) is 8.14. The predicted octanol–water partition coefficient (Wildman–Crippen LogP) is 5.44. The van der Waals surface area contributed by atoms with E-state index in [-0.39, 0.29) is 26.3 Å². The van der Waals surface area contributed by atoms with E-state index >= 15 is 0 Å². The second-order valence-corrected chi connectivity index (χ2v) is 11.8. The van der Waals surface area contributed by atoms with Crippen molar-refractivity contribution in [2.24, 2.45) is 10.1 Å². The van der Waals surface area contributed by atoms with Gasteiger partial charge in [-0.3, -0.25) is 4.99 Å². The molecule has 0 spiro atoms. The molecule has 0 atom stereocenters. The fourth-order valence-corrected chi connectivity index (χ4v) is 4.03. The number of halogens is 1. The van der Waals surface area contributed by atoms with Gasteiger partial charge in [-0.15, -0.1) is 0 Å². The van der Waals surface area contributed by atoms with Crippen molar-refractivity contribution in [3.63, 3.8) is 0 Å². The summed E-state index contributed by atoms with van der Waals surface area (Å²) in [5.74, 6) is 0. The van der Waals surface area contributed by atoms with Crippen LogP contribution >= 0.6 is 11.6 Å². The van der Waals surface area contributed by atoms with Crippen molar-refractivity contribution in [3.8, 4) is 0 Å². The van der Waals surface area contributed by atoms with Gasteiger partial charge in [-0.25, -0.2) is 18.4 Å². The highest BCUT2D eigenvalue weighted by atomic mass is 35.5. The average molecular weight is 475 g/mol. The number of aliphatic imine (C=N–C) groups is 1. The molecular weight excluding hydrogens is 448 g/mol. The van der Waals surface area contributed by atoms with Crippen molar-refractivity contribution >= 4 is 44.5 Å². The summed E-state index contributed by atoms with van der Waals surface area (Å²) in [4.78, 5) is 17.0. The lowest BCUT2D eigenvalue weighted by atomic mass is 9.79. The van der Waals surface area contributed by atoms with Gasteiger partial charge < -0.3 is 4.42 Å². The Kier molecular flexibility index (Phi) is 6.15. The van der Waals surface area contributed by atoms with E-state index < -0.39 is 15.6 Å². The SMILES string of the molecule is CC(C)(C)c1cc(C(C)(C)C)c2oc(=O)c(C=Nc3ccc(S(N)(=O)=O)cc3)c(Cl)c2c1. The molecule has 0 unspecified atom stereocenters. The van der Waals surface area contributed by atoms with E-state index in [9.17, 15) is 13.2 Å². The first-order valence-corrected chi connectivity index (χ1v) is 12.0. The summed E-state index contributed by atoms with van der Waals surface area (Å²) in [5, 5.41) is 6.02. The highest BCUT2D eigenvalue weighted by molar-refractivity contribution is 7.89. The lowest BCUT2D eigenvalue weighted by molar-refractivity contribution is 0.524. The zero-order chi connectivity index (χ0) is 24.1. The zero-order valence-electron chi connectivity index (χ0n) is 19.0. The minimum absolute atomic E-state index is 0.0240. The van der Waals surface area contributed by atoms with Crippen LogP contribution in [0.3, 0.4) is 0 Å². The van der Waals surface area contributed by atoms with E-state index in [0.29, 0.717) is 16.7 Å². The van der Waals surface area contributed by atoms with Gasteiger partial charge in [0.1, 0.15) is 5.58 Å². The van der Waals surface area contributed by atoms with Crippen LogP contribution in [-0.4, -0.2) is 14.6 Å². The van der Waals surface area contributed by atoms with Gasteiger partial charge in [0.05, 0.1) is 21.2 Å². The number of hydrogen-bond acceptors (Lipinski definition) is 5. The Bertz CT molecular complexity index is 1380. The standard InChI is InChI=1S/C24H27ClN2O4S/c1-23(2,3)14-11-17-20(25)18(22(28)31-21(17)19(12-14)24(4,5)6)13-27-15-7-9-16(10-8-15)32(26,29)30/h7-13H,1-6H3,(H2,26,29,30). The van der Waals surface area contributed by atoms with Gasteiger partial charge in [0, 0.05) is 17.2 Å². The maximum absolute atomic E-state index is 12.8. The van der Waals surface area contributed by atoms with Crippen molar-refractivity contribution in [2.75, 3.05) is 0 Å². The Hall–Kier alpha value is -2.48. The first kappa shape index (κ1) is 24.2. The summed E-state index contributed by atoms with van der Waals surface area (Å²) in [7, 11) is -3.79. The minimum Gasteiger partial charge on any atom is -0.422 e. The number of rotatable bonds is 3. The summed E-state index contributed by atoms with van der Waals surface area (Å²) < 4.78 is 28.5. The molecule has 0 fully saturated rings. The van der Waals surface area contributed by atoms with Crippen molar-refractivity contribution in [2.45, 2.75) is 57.3 Å². The van der Waals surface area contributed by atoms with Gasteiger partial charge in [-0.05, 0) is 46.7 Å². The topological polar surface area (TPSA) is 103 Å². The lowest BCUT2D eigenvalue weighted by Crippen LogP contribution is -2.18. The smallest absolute Gasteiger partial charge is 0.346 e. The Morgan fingerprint density at radius 2 is 1.59 bits per heavy atom. The van der Waals surface area contributed by atoms with Crippen LogP contribution in [0, 0.1) is 0 Å². The van der Waals surface area contributed by atoms with Gasteiger partial charge in [-0.2, -0.15) is 0 Å². The van der Waals surface area contributed by atoms with E-state index in [2.05, 4.69) is 52.6 Å². The maximum Gasteiger partial charge on any atom is 0.346 e. The van der Waals surface area contributed by atoms with Crippen molar-refractivity contribution in [1.29, 1.82) is 0 Å². The van der Waals surface area contributed by atoms with Gasteiger partial charge in [0.15, 0.2) is 0 Å². The van der Waals surface area contributed by atoms with Crippen molar-refractivity contribution in [3.05, 3.63) is 68.5 Å². The van der Waals surface area contributed by atoms with Crippen LogP contribution < -0.4 is 10.8 Å². The van der Waals surface area contributed by atoms with Gasteiger partial charge >= 0.3 is 5.63 Å². The van der Waals surface area contributed by atoms with E-state index in [1.807, 2.05) is 6.07 Å². The number of nitrogens with two attached hydrogens (primary N) is 1. The molecule has 1 aromatic heterocycles. The van der Waals surface area contributed by atoms with E-state index in [1.54, 1.807) is 0 Å². The van der Waals surface area contributed by atoms with Gasteiger partial charge in [0.25, 0.3) is 0 Å². The number of sulfonamides is 1. The van der Waals surface area contributed by atoms with Crippen LogP contribution in [0.4, 0.5) is 5.69 Å². The molecule has 1 heterocycles. The highest BCUT2D eigenvalue weighted by Crippen LogP contribution is 2.37. The number of benzene rings is 2. The Labute approximate surface area is 193 Å². The first-order chi connectivity index (χ1) is 14.6. The quantitative estimate of drug-likeness (QED) is 0.403. The third-order valence-corrected chi connectivity index (χ3v) is 6.49. The maximum atomic E-state index is 12.8. The Morgan fingerprint density at radius 1 is 1.00 bits per heavy atom. The average Bonchev–Trinajstić information content (AvgIpc) is 2.65. The van der Waals surface area contributed by atoms with E-state index in [4.69, 9.17) is 21.2 Å². The number of nitrogens with zero attached hydrogens (tertiary/aromatic N) is 1. The Morgan fingerprint density at radius 3 is 2.09 bits per heavy atom. The van der Waals surface area contributed by atoms with Crippen LogP contribution in [0.2, 0.25) is 5.02 Å². The third kappa shape index (κ3) is 4.95. The molecule has 0 radical (unpaired) electrons. The molecule has 0 aliphatic rings. The summed E-state index contributed by atoms with van der Waals surface area (Å²) in [6, 6.07) is 9.69. The van der Waals surface area contributed by atoms with E-state index in [1.165, 1.54) is 30.5 Å². The summed E-state index contributed by atoms with van der Waals surface area (Å²) in [6.07, 6.45) is 1.33. The minimum atomic E-state index is -3.79. The van der Waals surface area contributed by atoms with Crippen molar-refractivity contribution in [1.82, 2.24) is 0 Å². The van der Waals surface area contributed by atoms with Crippen LogP contribution in [0.5, 0.6) is 0 Å². The van der Waals surface area contributed by atoms with Gasteiger partial charge in [-0.1, -0.05) is 59.2 Å². The monoisotopic (exact) mass is 474 g/mol. The molecule has 0 aliphatic carbocycles. The molecular formula is C24H27ClN2O4S.